The zero-order chi connectivity index (χ0) is 14.6. The lowest BCUT2D eigenvalue weighted by atomic mass is 9.64. The smallest absolute Gasteiger partial charge is 0.0516 e. The minimum Gasteiger partial charge on any atom is -0.396 e. The first-order valence-corrected chi connectivity index (χ1v) is 8.17. The Morgan fingerprint density at radius 3 is 2.90 bits per heavy atom. The van der Waals surface area contributed by atoms with Gasteiger partial charge in [-0.05, 0) is 43.5 Å². The third-order valence-corrected chi connectivity index (χ3v) is 5.87. The zero-order valence-corrected chi connectivity index (χ0v) is 12.8. The van der Waals surface area contributed by atoms with Crippen LogP contribution in [0.25, 0.3) is 10.9 Å². The standard InChI is InChI=1S/C18H24N2O/c1-3-11-12-8-9-20(2)18(11)16-13-6-4-5-7-15(13)19-17(16)14(12)10-21/h4-7,11-12,14,18-19,21H,3,8-10H2,1-2H3/t11?,12-,14-,18-/m1/s1. The number of likely N-dealkylation sites (tertiary alicyclic amines) is 1. The van der Waals surface area contributed by atoms with Crippen molar-refractivity contribution in [2.24, 2.45) is 11.8 Å². The van der Waals surface area contributed by atoms with E-state index in [-0.39, 0.29) is 12.5 Å². The van der Waals surface area contributed by atoms with Gasteiger partial charge in [0.2, 0.25) is 0 Å². The van der Waals surface area contributed by atoms with Crippen molar-refractivity contribution < 1.29 is 5.11 Å². The SMILES string of the molecule is CCC1[C@H]2CCN(C)[C@H]1c1c([nH]c3ccccc13)[C@@H]2CO. The highest BCUT2D eigenvalue weighted by molar-refractivity contribution is 5.86. The summed E-state index contributed by atoms with van der Waals surface area (Å²) in [5.41, 5.74) is 3.97. The highest BCUT2D eigenvalue weighted by atomic mass is 16.3. The normalized spacial score (nSPS) is 32.3. The number of nitrogens with zero attached hydrogens (tertiary/aromatic N) is 1. The number of aliphatic hydroxyl groups excluding tert-OH is 1. The molecule has 2 heterocycles. The van der Waals surface area contributed by atoms with Gasteiger partial charge in [0, 0.05) is 28.6 Å². The van der Waals surface area contributed by atoms with E-state index in [0.717, 1.165) is 6.54 Å². The Morgan fingerprint density at radius 2 is 2.14 bits per heavy atom. The number of piperidine rings is 1. The van der Waals surface area contributed by atoms with Gasteiger partial charge in [0.25, 0.3) is 0 Å². The number of H-pyrrole nitrogens is 1. The second-order valence-corrected chi connectivity index (χ2v) is 6.74. The lowest BCUT2D eigenvalue weighted by Crippen LogP contribution is -2.47. The number of fused-ring (bicyclic) bond motifs is 6. The van der Waals surface area contributed by atoms with Crippen LogP contribution in [0.2, 0.25) is 0 Å². The molecule has 0 amide bonds. The van der Waals surface area contributed by atoms with E-state index < -0.39 is 0 Å². The first kappa shape index (κ1) is 13.4. The second-order valence-electron chi connectivity index (χ2n) is 6.74. The van der Waals surface area contributed by atoms with Crippen LogP contribution in [-0.4, -0.2) is 35.2 Å². The third kappa shape index (κ3) is 1.74. The van der Waals surface area contributed by atoms with Crippen LogP contribution >= 0.6 is 0 Å². The molecule has 1 aliphatic heterocycles. The molecule has 0 spiro atoms. The monoisotopic (exact) mass is 284 g/mol. The van der Waals surface area contributed by atoms with Crippen molar-refractivity contribution in [3.63, 3.8) is 0 Å². The van der Waals surface area contributed by atoms with Gasteiger partial charge < -0.3 is 10.1 Å². The first-order valence-electron chi connectivity index (χ1n) is 8.17. The van der Waals surface area contributed by atoms with Crippen LogP contribution in [0, 0.1) is 11.8 Å². The number of rotatable bonds is 2. The molecule has 1 saturated heterocycles. The van der Waals surface area contributed by atoms with Crippen LogP contribution in [0.4, 0.5) is 0 Å². The average molecular weight is 284 g/mol. The molecule has 1 aromatic carbocycles. The Bertz CT molecular complexity index is 662. The summed E-state index contributed by atoms with van der Waals surface area (Å²) in [6.07, 6.45) is 2.39. The molecule has 4 atom stereocenters. The predicted octanol–water partition coefficient (Wildman–Crippen LogP) is 3.28. The van der Waals surface area contributed by atoms with Gasteiger partial charge in [-0.3, -0.25) is 4.90 Å². The molecule has 0 radical (unpaired) electrons. The van der Waals surface area contributed by atoms with Crippen LogP contribution in [0.1, 0.15) is 43.0 Å². The number of nitrogens with one attached hydrogen (secondary N) is 1. The summed E-state index contributed by atoms with van der Waals surface area (Å²) in [6.45, 7) is 3.71. The molecule has 2 N–H and O–H groups in total. The maximum Gasteiger partial charge on any atom is 0.0516 e. The summed E-state index contributed by atoms with van der Waals surface area (Å²) < 4.78 is 0. The first-order chi connectivity index (χ1) is 10.3. The van der Waals surface area contributed by atoms with Crippen molar-refractivity contribution in [2.45, 2.75) is 31.7 Å². The summed E-state index contributed by atoms with van der Waals surface area (Å²) in [7, 11) is 2.26. The number of hydrogen-bond acceptors (Lipinski definition) is 2. The number of para-hydroxylation sites is 1. The fourth-order valence-electron chi connectivity index (χ4n) is 4.96. The molecule has 0 saturated carbocycles. The van der Waals surface area contributed by atoms with Crippen molar-refractivity contribution in [3.05, 3.63) is 35.5 Å². The van der Waals surface area contributed by atoms with Crippen LogP contribution in [0.5, 0.6) is 0 Å². The molecule has 1 aliphatic carbocycles. The lowest BCUT2D eigenvalue weighted by molar-refractivity contribution is 0.0235. The molecular weight excluding hydrogens is 260 g/mol. The summed E-state index contributed by atoms with van der Waals surface area (Å²) in [5, 5.41) is 11.4. The van der Waals surface area contributed by atoms with Gasteiger partial charge in [0.15, 0.2) is 0 Å². The fourth-order valence-corrected chi connectivity index (χ4v) is 4.96. The summed E-state index contributed by atoms with van der Waals surface area (Å²) in [6, 6.07) is 9.11. The Morgan fingerprint density at radius 1 is 1.33 bits per heavy atom. The van der Waals surface area contributed by atoms with Crippen molar-refractivity contribution in [2.75, 3.05) is 20.2 Å². The molecule has 1 fully saturated rings. The van der Waals surface area contributed by atoms with E-state index in [9.17, 15) is 5.11 Å². The molecule has 4 rings (SSSR count). The molecule has 2 bridgehead atoms. The van der Waals surface area contributed by atoms with Gasteiger partial charge in [-0.1, -0.05) is 31.5 Å². The molecule has 3 heteroatoms. The minimum absolute atomic E-state index is 0.261. The van der Waals surface area contributed by atoms with Crippen LogP contribution in [0.15, 0.2) is 24.3 Å². The van der Waals surface area contributed by atoms with Crippen LogP contribution < -0.4 is 0 Å². The summed E-state index contributed by atoms with van der Waals surface area (Å²) in [5.74, 6) is 1.55. The fraction of sp³-hybridized carbons (Fsp3) is 0.556. The lowest BCUT2D eigenvalue weighted by Gasteiger charge is -2.50. The van der Waals surface area contributed by atoms with E-state index >= 15 is 0 Å². The van der Waals surface area contributed by atoms with E-state index in [1.807, 2.05) is 0 Å². The molecule has 1 aromatic heterocycles. The molecule has 2 aliphatic rings. The molecule has 21 heavy (non-hydrogen) atoms. The van der Waals surface area contributed by atoms with Crippen molar-refractivity contribution >= 4 is 10.9 Å². The number of aromatic nitrogens is 1. The van der Waals surface area contributed by atoms with E-state index in [1.54, 1.807) is 0 Å². The number of hydrogen-bond donors (Lipinski definition) is 2. The average Bonchev–Trinajstić information content (AvgIpc) is 2.88. The molecule has 2 aromatic rings. The van der Waals surface area contributed by atoms with Gasteiger partial charge >= 0.3 is 0 Å². The minimum atomic E-state index is 0.261. The Hall–Kier alpha value is -1.32. The maximum absolute atomic E-state index is 10.0. The number of aromatic amines is 1. The van der Waals surface area contributed by atoms with Crippen molar-refractivity contribution in [3.8, 4) is 0 Å². The number of aliphatic hydroxyl groups is 1. The quantitative estimate of drug-likeness (QED) is 0.888. The Labute approximate surface area is 126 Å². The third-order valence-electron chi connectivity index (χ3n) is 5.87. The second kappa shape index (κ2) is 4.85. The van der Waals surface area contributed by atoms with E-state index in [4.69, 9.17) is 0 Å². The maximum atomic E-state index is 10.0. The van der Waals surface area contributed by atoms with Crippen molar-refractivity contribution in [1.29, 1.82) is 0 Å². The van der Waals surface area contributed by atoms with Gasteiger partial charge in [-0.2, -0.15) is 0 Å². The Balaban J connectivity index is 2.00. The van der Waals surface area contributed by atoms with Gasteiger partial charge in [0.1, 0.15) is 0 Å². The molecule has 3 nitrogen and oxygen atoms in total. The van der Waals surface area contributed by atoms with Gasteiger partial charge in [-0.15, -0.1) is 0 Å². The highest BCUT2D eigenvalue weighted by Gasteiger charge is 2.47. The molecular formula is C18H24N2O. The molecule has 1 unspecified atom stereocenters. The van der Waals surface area contributed by atoms with Crippen LogP contribution in [-0.2, 0) is 0 Å². The topological polar surface area (TPSA) is 39.3 Å². The van der Waals surface area contributed by atoms with E-state index in [2.05, 4.69) is 48.1 Å². The Kier molecular flexibility index (Phi) is 3.09. The summed E-state index contributed by atoms with van der Waals surface area (Å²) in [4.78, 5) is 6.15. The highest BCUT2D eigenvalue weighted by Crippen LogP contribution is 2.54. The zero-order valence-electron chi connectivity index (χ0n) is 12.8. The van der Waals surface area contributed by atoms with Gasteiger partial charge in [0.05, 0.1) is 6.61 Å². The predicted molar refractivity (Wildman–Crippen MR) is 85.4 cm³/mol. The summed E-state index contributed by atoms with van der Waals surface area (Å²) >= 11 is 0. The molecule has 112 valence electrons. The van der Waals surface area contributed by atoms with Crippen LogP contribution in [0.3, 0.4) is 0 Å². The van der Waals surface area contributed by atoms with E-state index in [1.165, 1.54) is 35.0 Å². The van der Waals surface area contributed by atoms with Crippen molar-refractivity contribution in [1.82, 2.24) is 9.88 Å². The number of benzene rings is 1. The van der Waals surface area contributed by atoms with Gasteiger partial charge in [-0.25, -0.2) is 0 Å². The van der Waals surface area contributed by atoms with E-state index in [0.29, 0.717) is 17.9 Å². The largest absolute Gasteiger partial charge is 0.396 e.